The summed E-state index contributed by atoms with van der Waals surface area (Å²) in [5, 5.41) is 0. The van der Waals surface area contributed by atoms with Crippen LogP contribution in [0.4, 0.5) is 5.69 Å². The van der Waals surface area contributed by atoms with Gasteiger partial charge in [-0.1, -0.05) is 24.3 Å². The summed E-state index contributed by atoms with van der Waals surface area (Å²) in [5.41, 5.74) is 16.3. The highest BCUT2D eigenvalue weighted by atomic mass is 16.1. The minimum absolute atomic E-state index is 0.368. The molecule has 0 saturated carbocycles. The zero-order chi connectivity index (χ0) is 14.8. The molecule has 4 nitrogen and oxygen atoms in total. The van der Waals surface area contributed by atoms with Crippen molar-refractivity contribution in [2.24, 2.45) is 5.73 Å². The number of anilines is 1. The van der Waals surface area contributed by atoms with E-state index in [1.54, 1.807) is 6.07 Å². The Hall–Kier alpha value is -2.33. The first-order chi connectivity index (χ1) is 10.1. The molecule has 0 aromatic heterocycles. The molecule has 3 rings (SSSR count). The van der Waals surface area contributed by atoms with Gasteiger partial charge in [-0.2, -0.15) is 0 Å². The fourth-order valence-corrected chi connectivity index (χ4v) is 2.91. The number of carbonyl (C=O) groups excluding carboxylic acids is 1. The first-order valence-corrected chi connectivity index (χ1v) is 7.11. The van der Waals surface area contributed by atoms with E-state index in [0.29, 0.717) is 5.56 Å². The third-order valence-corrected chi connectivity index (χ3v) is 4.00. The van der Waals surface area contributed by atoms with Crippen LogP contribution < -0.4 is 11.5 Å². The quantitative estimate of drug-likeness (QED) is 0.844. The van der Waals surface area contributed by atoms with Crippen LogP contribution in [0.1, 0.15) is 27.0 Å². The highest BCUT2D eigenvalue weighted by Gasteiger charge is 2.18. The Kier molecular flexibility index (Phi) is 3.62. The van der Waals surface area contributed by atoms with Gasteiger partial charge in [-0.15, -0.1) is 0 Å². The Morgan fingerprint density at radius 1 is 1.14 bits per heavy atom. The number of hydrogen-bond acceptors (Lipinski definition) is 3. The maximum atomic E-state index is 11.5. The van der Waals surface area contributed by atoms with Gasteiger partial charge in [0.1, 0.15) is 0 Å². The molecule has 21 heavy (non-hydrogen) atoms. The van der Waals surface area contributed by atoms with E-state index in [2.05, 4.69) is 11.0 Å². The molecular weight excluding hydrogens is 262 g/mol. The van der Waals surface area contributed by atoms with Crippen LogP contribution in [0.3, 0.4) is 0 Å². The standard InChI is InChI=1S/C17H19N3O/c18-15-6-5-12-7-8-20(11-14(12)9-15)10-13-3-1-2-4-16(13)17(19)21/h1-6,9H,7-8,10-11,18H2,(H2,19,21). The molecule has 1 aliphatic rings. The number of nitrogens with zero attached hydrogens (tertiary/aromatic N) is 1. The summed E-state index contributed by atoms with van der Waals surface area (Å²) in [4.78, 5) is 13.8. The molecule has 0 fully saturated rings. The maximum absolute atomic E-state index is 11.5. The van der Waals surface area contributed by atoms with Crippen molar-refractivity contribution >= 4 is 11.6 Å². The average molecular weight is 281 g/mol. The second-order valence-corrected chi connectivity index (χ2v) is 5.51. The van der Waals surface area contributed by atoms with Gasteiger partial charge in [0.2, 0.25) is 5.91 Å². The van der Waals surface area contributed by atoms with Gasteiger partial charge in [-0.25, -0.2) is 0 Å². The first kappa shape index (κ1) is 13.6. The maximum Gasteiger partial charge on any atom is 0.249 e. The number of primary amides is 1. The molecule has 108 valence electrons. The molecule has 1 aliphatic heterocycles. The normalized spacial score (nSPS) is 14.7. The van der Waals surface area contributed by atoms with Crippen LogP contribution in [0.25, 0.3) is 0 Å². The summed E-state index contributed by atoms with van der Waals surface area (Å²) < 4.78 is 0. The second kappa shape index (κ2) is 5.58. The van der Waals surface area contributed by atoms with Crippen molar-refractivity contribution in [3.05, 3.63) is 64.7 Å². The molecular formula is C17H19N3O. The Labute approximate surface area is 124 Å². The van der Waals surface area contributed by atoms with E-state index in [9.17, 15) is 4.79 Å². The fourth-order valence-electron chi connectivity index (χ4n) is 2.91. The van der Waals surface area contributed by atoms with Crippen molar-refractivity contribution < 1.29 is 4.79 Å². The number of benzene rings is 2. The molecule has 0 unspecified atom stereocenters. The van der Waals surface area contributed by atoms with Crippen molar-refractivity contribution in [3.8, 4) is 0 Å². The second-order valence-electron chi connectivity index (χ2n) is 5.51. The van der Waals surface area contributed by atoms with Crippen molar-refractivity contribution in [1.82, 2.24) is 4.90 Å². The Bertz CT molecular complexity index is 681. The summed E-state index contributed by atoms with van der Waals surface area (Å²) in [6, 6.07) is 13.6. The van der Waals surface area contributed by atoms with Crippen LogP contribution in [0.2, 0.25) is 0 Å². The summed E-state index contributed by atoms with van der Waals surface area (Å²) >= 11 is 0. The Morgan fingerprint density at radius 3 is 2.76 bits per heavy atom. The minimum Gasteiger partial charge on any atom is -0.399 e. The SMILES string of the molecule is NC(=O)c1ccccc1CN1CCc2ccc(N)cc2C1. The van der Waals surface area contributed by atoms with Crippen LogP contribution in [-0.4, -0.2) is 17.4 Å². The van der Waals surface area contributed by atoms with Crippen molar-refractivity contribution in [2.45, 2.75) is 19.5 Å². The predicted molar refractivity (Wildman–Crippen MR) is 83.6 cm³/mol. The van der Waals surface area contributed by atoms with Crippen LogP contribution in [-0.2, 0) is 19.5 Å². The molecule has 0 saturated heterocycles. The lowest BCUT2D eigenvalue weighted by atomic mass is 9.98. The van der Waals surface area contributed by atoms with Gasteiger partial charge in [0.05, 0.1) is 0 Å². The smallest absolute Gasteiger partial charge is 0.249 e. The van der Waals surface area contributed by atoms with E-state index in [4.69, 9.17) is 11.5 Å². The molecule has 2 aromatic carbocycles. The van der Waals surface area contributed by atoms with Gasteiger partial charge in [0.15, 0.2) is 0 Å². The number of amides is 1. The van der Waals surface area contributed by atoms with E-state index in [-0.39, 0.29) is 5.91 Å². The van der Waals surface area contributed by atoms with Gasteiger partial charge in [-0.3, -0.25) is 9.69 Å². The van der Waals surface area contributed by atoms with Crippen molar-refractivity contribution in [1.29, 1.82) is 0 Å². The Balaban J connectivity index is 1.80. The lowest BCUT2D eigenvalue weighted by Crippen LogP contribution is -2.31. The van der Waals surface area contributed by atoms with E-state index in [1.165, 1.54) is 11.1 Å². The van der Waals surface area contributed by atoms with Crippen molar-refractivity contribution in [2.75, 3.05) is 12.3 Å². The fraction of sp³-hybridized carbons (Fsp3) is 0.235. The number of rotatable bonds is 3. The van der Waals surface area contributed by atoms with Gasteiger partial charge in [0.25, 0.3) is 0 Å². The van der Waals surface area contributed by atoms with Crippen LogP contribution in [0.15, 0.2) is 42.5 Å². The third-order valence-electron chi connectivity index (χ3n) is 4.00. The third kappa shape index (κ3) is 2.90. The summed E-state index contributed by atoms with van der Waals surface area (Å²) in [7, 11) is 0. The molecule has 0 atom stereocenters. The lowest BCUT2D eigenvalue weighted by molar-refractivity contribution is 0.0998. The molecule has 2 aromatic rings. The molecule has 1 amide bonds. The number of hydrogen-bond donors (Lipinski definition) is 2. The molecule has 0 radical (unpaired) electrons. The van der Waals surface area contributed by atoms with E-state index in [1.807, 2.05) is 30.3 Å². The highest BCUT2D eigenvalue weighted by Crippen LogP contribution is 2.23. The van der Waals surface area contributed by atoms with Gasteiger partial charge in [0, 0.05) is 30.9 Å². The number of fused-ring (bicyclic) bond motifs is 1. The summed E-state index contributed by atoms with van der Waals surface area (Å²) in [5.74, 6) is -0.368. The molecule has 4 heteroatoms. The van der Waals surface area contributed by atoms with Gasteiger partial charge < -0.3 is 11.5 Å². The Morgan fingerprint density at radius 2 is 1.95 bits per heavy atom. The molecule has 0 spiro atoms. The van der Waals surface area contributed by atoms with Gasteiger partial charge in [-0.05, 0) is 41.3 Å². The topological polar surface area (TPSA) is 72.4 Å². The molecule has 0 aliphatic carbocycles. The number of nitrogens with two attached hydrogens (primary N) is 2. The molecule has 4 N–H and O–H groups in total. The number of nitrogen functional groups attached to an aromatic ring is 1. The summed E-state index contributed by atoms with van der Waals surface area (Å²) in [6.07, 6.45) is 1.01. The zero-order valence-corrected chi connectivity index (χ0v) is 11.9. The monoisotopic (exact) mass is 281 g/mol. The summed E-state index contributed by atoms with van der Waals surface area (Å²) in [6.45, 7) is 2.56. The number of carbonyl (C=O) groups is 1. The predicted octanol–water partition coefficient (Wildman–Crippen LogP) is 1.93. The van der Waals surface area contributed by atoms with Gasteiger partial charge >= 0.3 is 0 Å². The van der Waals surface area contributed by atoms with Crippen LogP contribution >= 0.6 is 0 Å². The highest BCUT2D eigenvalue weighted by molar-refractivity contribution is 5.94. The lowest BCUT2D eigenvalue weighted by Gasteiger charge is -2.29. The average Bonchev–Trinajstić information content (AvgIpc) is 2.47. The van der Waals surface area contributed by atoms with E-state index >= 15 is 0 Å². The van der Waals surface area contributed by atoms with Crippen LogP contribution in [0.5, 0.6) is 0 Å². The molecule has 0 bridgehead atoms. The molecule has 1 heterocycles. The van der Waals surface area contributed by atoms with E-state index < -0.39 is 0 Å². The first-order valence-electron chi connectivity index (χ1n) is 7.11. The largest absolute Gasteiger partial charge is 0.399 e. The van der Waals surface area contributed by atoms with E-state index in [0.717, 1.165) is 37.3 Å². The van der Waals surface area contributed by atoms with Crippen molar-refractivity contribution in [3.63, 3.8) is 0 Å². The van der Waals surface area contributed by atoms with Crippen LogP contribution in [0, 0.1) is 0 Å². The minimum atomic E-state index is -0.368. The zero-order valence-electron chi connectivity index (χ0n) is 11.9.